The average Bonchev–Trinajstić information content (AvgIpc) is 2.78. The first-order chi connectivity index (χ1) is 14.9. The van der Waals surface area contributed by atoms with E-state index in [1.165, 1.54) is 19.2 Å². The third-order valence-corrected chi connectivity index (χ3v) is 6.03. The highest BCUT2D eigenvalue weighted by Gasteiger charge is 2.41. The van der Waals surface area contributed by atoms with Crippen LogP contribution >= 0.6 is 0 Å². The average molecular weight is 433 g/mol. The lowest BCUT2D eigenvalue weighted by Crippen LogP contribution is -2.45. The zero-order chi connectivity index (χ0) is 22.4. The number of hydrogen-bond donors (Lipinski definition) is 3. The maximum Gasteiger partial charge on any atom is 0.406 e. The highest BCUT2D eigenvalue weighted by atomic mass is 19.1. The summed E-state index contributed by atoms with van der Waals surface area (Å²) in [6, 6.07) is 9.09. The minimum Gasteiger partial charge on any atom is -0.453 e. The number of methoxy groups -OCH3 is 1. The van der Waals surface area contributed by atoms with Gasteiger partial charge in [-0.05, 0) is 62.9 Å². The van der Waals surface area contributed by atoms with Gasteiger partial charge in [-0.25, -0.2) is 13.6 Å². The van der Waals surface area contributed by atoms with Crippen LogP contribution in [0.5, 0.6) is 0 Å². The lowest BCUT2D eigenvalue weighted by Gasteiger charge is -2.40. The Morgan fingerprint density at radius 3 is 2.81 bits per heavy atom. The second kappa shape index (κ2) is 10.2. The number of aliphatic hydroxyl groups is 1. The van der Waals surface area contributed by atoms with E-state index < -0.39 is 23.3 Å². The van der Waals surface area contributed by atoms with Crippen molar-refractivity contribution >= 4 is 6.09 Å². The molecule has 0 aliphatic carbocycles. The number of alkyl carbamates (subject to hydrolysis) is 1. The summed E-state index contributed by atoms with van der Waals surface area (Å²) in [6.07, 6.45) is 1.84. The molecule has 0 aromatic heterocycles. The molecule has 0 bridgehead atoms. The first-order valence-corrected chi connectivity index (χ1v) is 10.7. The number of piperidine rings is 1. The molecule has 1 aliphatic heterocycles. The number of rotatable bonds is 7. The summed E-state index contributed by atoms with van der Waals surface area (Å²) in [4.78, 5) is 11.4. The summed E-state index contributed by atoms with van der Waals surface area (Å²) in [5.41, 5.74) is 0.0268. The van der Waals surface area contributed by atoms with E-state index in [2.05, 4.69) is 15.4 Å². The number of nitrogens with one attached hydrogen (secondary N) is 2. The third kappa shape index (κ3) is 5.22. The Labute approximate surface area is 181 Å². The smallest absolute Gasteiger partial charge is 0.406 e. The fraction of sp³-hybridized carbons (Fsp3) is 0.458. The van der Waals surface area contributed by atoms with Crippen molar-refractivity contribution in [1.82, 2.24) is 10.6 Å². The van der Waals surface area contributed by atoms with Gasteiger partial charge in [-0.15, -0.1) is 0 Å². The van der Waals surface area contributed by atoms with Crippen LogP contribution in [0.4, 0.5) is 13.6 Å². The molecular weight excluding hydrogens is 402 g/mol. The van der Waals surface area contributed by atoms with Gasteiger partial charge in [0.1, 0.15) is 11.6 Å². The third-order valence-electron chi connectivity index (χ3n) is 6.03. The molecule has 0 radical (unpaired) electrons. The number of amides is 1. The Morgan fingerprint density at radius 1 is 1.29 bits per heavy atom. The van der Waals surface area contributed by atoms with E-state index in [1.807, 2.05) is 6.92 Å². The summed E-state index contributed by atoms with van der Waals surface area (Å²) < 4.78 is 34.5. The molecule has 3 N–H and O–H groups in total. The van der Waals surface area contributed by atoms with Gasteiger partial charge in [0.15, 0.2) is 0 Å². The number of carbonyl (C=O) groups excluding carboxylic acids is 1. The van der Waals surface area contributed by atoms with Gasteiger partial charge in [0.05, 0.1) is 12.7 Å². The van der Waals surface area contributed by atoms with Crippen molar-refractivity contribution in [3.05, 3.63) is 59.2 Å². The van der Waals surface area contributed by atoms with E-state index in [4.69, 9.17) is 0 Å². The van der Waals surface area contributed by atoms with Gasteiger partial charge in [0.25, 0.3) is 0 Å². The van der Waals surface area contributed by atoms with Crippen molar-refractivity contribution in [1.29, 1.82) is 0 Å². The van der Waals surface area contributed by atoms with Crippen LogP contribution < -0.4 is 10.6 Å². The normalized spacial score (nSPS) is 18.3. The van der Waals surface area contributed by atoms with Crippen molar-refractivity contribution in [3.63, 3.8) is 0 Å². The monoisotopic (exact) mass is 432 g/mol. The van der Waals surface area contributed by atoms with Crippen molar-refractivity contribution in [2.45, 2.75) is 38.2 Å². The van der Waals surface area contributed by atoms with Crippen molar-refractivity contribution in [3.8, 4) is 11.1 Å². The quantitative estimate of drug-likeness (QED) is 0.572. The second-order valence-electron chi connectivity index (χ2n) is 8.14. The van der Waals surface area contributed by atoms with Crippen molar-refractivity contribution in [2.24, 2.45) is 5.92 Å². The molecule has 1 amide bonds. The van der Waals surface area contributed by atoms with E-state index >= 15 is 4.39 Å². The van der Waals surface area contributed by atoms with Gasteiger partial charge in [-0.2, -0.15) is 0 Å². The second-order valence-corrected chi connectivity index (χ2v) is 8.14. The SMILES string of the molecule is COC(=O)NCCCC(O)(c1cccc(F)c1-c1cc(C)ccc1F)[C@@H]1CCCNC1. The van der Waals surface area contributed by atoms with Crippen LogP contribution in [0.1, 0.15) is 36.8 Å². The van der Waals surface area contributed by atoms with E-state index in [1.54, 1.807) is 24.3 Å². The standard InChI is InChI=1S/C24H30F2N2O3/c1-16-9-10-20(25)18(14-16)22-19(7-3-8-21(22)26)24(30,17-6-4-12-27-15-17)11-5-13-28-23(29)31-2/h3,7-10,14,17,27,30H,4-6,11-13,15H2,1-2H3,(H,28,29)/t17-,24?/m1/s1. The zero-order valence-corrected chi connectivity index (χ0v) is 18.0. The molecule has 168 valence electrons. The first kappa shape index (κ1) is 23.2. The van der Waals surface area contributed by atoms with Crippen molar-refractivity contribution < 1.29 is 23.4 Å². The van der Waals surface area contributed by atoms with Crippen LogP contribution in [0.25, 0.3) is 11.1 Å². The summed E-state index contributed by atoms with van der Waals surface area (Å²) >= 11 is 0. The minimum absolute atomic E-state index is 0.0951. The Hall–Kier alpha value is -2.51. The van der Waals surface area contributed by atoms with Gasteiger partial charge in [0, 0.05) is 30.1 Å². The van der Waals surface area contributed by atoms with Crippen LogP contribution in [0.2, 0.25) is 0 Å². The van der Waals surface area contributed by atoms with Crippen LogP contribution in [0.15, 0.2) is 36.4 Å². The van der Waals surface area contributed by atoms with Gasteiger partial charge in [-0.3, -0.25) is 0 Å². The number of aryl methyl sites for hydroxylation is 1. The molecule has 0 spiro atoms. The molecule has 5 nitrogen and oxygen atoms in total. The summed E-state index contributed by atoms with van der Waals surface area (Å²) in [5.74, 6) is -1.28. The maximum atomic E-state index is 15.1. The summed E-state index contributed by atoms with van der Waals surface area (Å²) in [7, 11) is 1.29. The Balaban J connectivity index is 2.03. The Kier molecular flexibility index (Phi) is 7.62. The molecular formula is C24H30F2N2O3. The fourth-order valence-corrected chi connectivity index (χ4v) is 4.43. The molecule has 2 aromatic carbocycles. The van der Waals surface area contributed by atoms with E-state index in [0.29, 0.717) is 25.1 Å². The Bertz CT molecular complexity index is 916. The van der Waals surface area contributed by atoms with E-state index in [0.717, 1.165) is 24.9 Å². The molecule has 2 atom stereocenters. The number of benzene rings is 2. The maximum absolute atomic E-state index is 15.1. The highest BCUT2D eigenvalue weighted by molar-refractivity contribution is 5.70. The molecule has 1 saturated heterocycles. The van der Waals surface area contributed by atoms with E-state index in [9.17, 15) is 14.3 Å². The molecule has 31 heavy (non-hydrogen) atoms. The molecule has 2 aromatic rings. The highest BCUT2D eigenvalue weighted by Crippen LogP contribution is 2.43. The van der Waals surface area contributed by atoms with Crippen LogP contribution in [-0.4, -0.2) is 37.9 Å². The lowest BCUT2D eigenvalue weighted by molar-refractivity contribution is -0.0417. The number of hydrogen-bond acceptors (Lipinski definition) is 4. The van der Waals surface area contributed by atoms with Crippen molar-refractivity contribution in [2.75, 3.05) is 26.7 Å². The lowest BCUT2D eigenvalue weighted by atomic mass is 9.72. The molecule has 7 heteroatoms. The summed E-state index contributed by atoms with van der Waals surface area (Å²) in [5, 5.41) is 17.9. The molecule has 1 unspecified atom stereocenters. The fourth-order valence-electron chi connectivity index (χ4n) is 4.43. The van der Waals surface area contributed by atoms with Gasteiger partial charge < -0.3 is 20.5 Å². The summed E-state index contributed by atoms with van der Waals surface area (Å²) in [6.45, 7) is 3.56. The number of ether oxygens (including phenoxy) is 1. The largest absolute Gasteiger partial charge is 0.453 e. The predicted molar refractivity (Wildman–Crippen MR) is 116 cm³/mol. The zero-order valence-electron chi connectivity index (χ0n) is 18.0. The number of carbonyl (C=O) groups is 1. The molecule has 1 aliphatic rings. The van der Waals surface area contributed by atoms with Crippen LogP contribution in [0, 0.1) is 24.5 Å². The topological polar surface area (TPSA) is 70.6 Å². The van der Waals surface area contributed by atoms with Gasteiger partial charge in [0.2, 0.25) is 0 Å². The van der Waals surface area contributed by atoms with E-state index in [-0.39, 0.29) is 23.5 Å². The number of halogens is 2. The van der Waals surface area contributed by atoms with Gasteiger partial charge >= 0.3 is 6.09 Å². The molecule has 0 saturated carbocycles. The minimum atomic E-state index is -1.39. The van der Waals surface area contributed by atoms with Crippen LogP contribution in [-0.2, 0) is 10.3 Å². The van der Waals surface area contributed by atoms with Crippen LogP contribution in [0.3, 0.4) is 0 Å². The first-order valence-electron chi connectivity index (χ1n) is 10.7. The molecule has 3 rings (SSSR count). The van der Waals surface area contributed by atoms with Gasteiger partial charge in [-0.1, -0.05) is 23.8 Å². The predicted octanol–water partition coefficient (Wildman–Crippen LogP) is 4.26. The Morgan fingerprint density at radius 2 is 2.10 bits per heavy atom. The molecule has 1 heterocycles. The molecule has 1 fully saturated rings.